The molecule has 1 heterocycles. The van der Waals surface area contributed by atoms with Crippen molar-refractivity contribution in [3.05, 3.63) is 57.6 Å². The number of fused-ring (bicyclic) bond motifs is 1. The molecule has 124 valence electrons. The summed E-state index contributed by atoms with van der Waals surface area (Å²) in [5.74, 6) is 1.11. The van der Waals surface area contributed by atoms with Gasteiger partial charge in [0.1, 0.15) is 5.75 Å². The zero-order valence-electron chi connectivity index (χ0n) is 14.2. The Morgan fingerprint density at radius 3 is 2.62 bits per heavy atom. The molecule has 4 heteroatoms. The van der Waals surface area contributed by atoms with Gasteiger partial charge in [0.25, 0.3) is 5.91 Å². The molecule has 1 N–H and O–H groups in total. The van der Waals surface area contributed by atoms with Crippen LogP contribution in [0.1, 0.15) is 42.0 Å². The van der Waals surface area contributed by atoms with Crippen LogP contribution in [0.4, 0.5) is 5.69 Å². The lowest BCUT2D eigenvalue weighted by atomic mass is 9.94. The second-order valence-corrected chi connectivity index (χ2v) is 6.74. The first kappa shape index (κ1) is 16.6. The number of nitrogens with one attached hydrogen (secondary N) is 1. The van der Waals surface area contributed by atoms with Gasteiger partial charge in [-0.2, -0.15) is 0 Å². The van der Waals surface area contributed by atoms with Crippen molar-refractivity contribution in [3.8, 4) is 5.75 Å². The van der Waals surface area contributed by atoms with Crippen LogP contribution in [-0.2, 0) is 4.79 Å². The Hall–Kier alpha value is -2.26. The lowest BCUT2D eigenvalue weighted by Crippen LogP contribution is -2.04. The maximum Gasteiger partial charge on any atom is 0.256 e. The fraction of sp³-hybridized carbons (Fsp3) is 0.250. The number of hydrogen-bond donors (Lipinski definition) is 1. The number of amides is 1. The minimum atomic E-state index is -0.103. The summed E-state index contributed by atoms with van der Waals surface area (Å²) in [6.07, 6.45) is 1.93. The number of anilines is 1. The number of halogens is 1. The number of rotatable bonds is 3. The third-order valence-electron chi connectivity index (χ3n) is 4.30. The Balaban J connectivity index is 2.14. The lowest BCUT2D eigenvalue weighted by Gasteiger charge is -2.15. The molecule has 0 atom stereocenters. The molecule has 0 fully saturated rings. The minimum absolute atomic E-state index is 0.103. The van der Waals surface area contributed by atoms with Crippen molar-refractivity contribution in [1.82, 2.24) is 0 Å². The van der Waals surface area contributed by atoms with E-state index < -0.39 is 0 Å². The van der Waals surface area contributed by atoms with Gasteiger partial charge in [0.15, 0.2) is 0 Å². The van der Waals surface area contributed by atoms with Crippen molar-refractivity contribution in [2.45, 2.75) is 26.7 Å². The van der Waals surface area contributed by atoms with Gasteiger partial charge in [0, 0.05) is 21.8 Å². The minimum Gasteiger partial charge on any atom is -0.496 e. The Bertz CT molecular complexity index is 853. The molecule has 24 heavy (non-hydrogen) atoms. The molecule has 0 unspecified atom stereocenters. The van der Waals surface area contributed by atoms with Crippen LogP contribution in [0.5, 0.6) is 5.75 Å². The summed E-state index contributed by atoms with van der Waals surface area (Å²) in [4.78, 5) is 12.4. The zero-order valence-corrected chi connectivity index (χ0v) is 15.0. The summed E-state index contributed by atoms with van der Waals surface area (Å²) >= 11 is 6.09. The Kier molecular flexibility index (Phi) is 4.37. The average molecular weight is 342 g/mol. The van der Waals surface area contributed by atoms with Gasteiger partial charge in [0.05, 0.1) is 7.11 Å². The van der Waals surface area contributed by atoms with E-state index in [9.17, 15) is 4.79 Å². The number of carbonyl (C=O) groups excluding carboxylic acids is 1. The molecular formula is C20H20ClNO2. The van der Waals surface area contributed by atoms with Gasteiger partial charge < -0.3 is 10.1 Å². The van der Waals surface area contributed by atoms with Gasteiger partial charge in [-0.3, -0.25) is 4.79 Å². The molecule has 0 saturated carbocycles. The Morgan fingerprint density at radius 1 is 1.21 bits per heavy atom. The highest BCUT2D eigenvalue weighted by molar-refractivity contribution is 6.36. The average Bonchev–Trinajstić information content (AvgIpc) is 2.84. The molecule has 0 bridgehead atoms. The maximum atomic E-state index is 12.4. The molecule has 0 spiro atoms. The number of hydrogen-bond acceptors (Lipinski definition) is 2. The highest BCUT2D eigenvalue weighted by atomic mass is 35.5. The quantitative estimate of drug-likeness (QED) is 0.772. The highest BCUT2D eigenvalue weighted by Crippen LogP contribution is 2.37. The summed E-state index contributed by atoms with van der Waals surface area (Å²) in [7, 11) is 1.68. The predicted molar refractivity (Wildman–Crippen MR) is 99.8 cm³/mol. The van der Waals surface area contributed by atoms with E-state index in [-0.39, 0.29) is 5.91 Å². The largest absolute Gasteiger partial charge is 0.496 e. The van der Waals surface area contributed by atoms with Gasteiger partial charge in [-0.1, -0.05) is 25.4 Å². The topological polar surface area (TPSA) is 38.3 Å². The first-order chi connectivity index (χ1) is 11.4. The third-order valence-corrected chi connectivity index (χ3v) is 4.54. The van der Waals surface area contributed by atoms with Crippen molar-refractivity contribution in [2.75, 3.05) is 12.4 Å². The SMILES string of the molecule is COc1cc(C)c(C=C2C(=O)Nc3ccc(Cl)cc32)cc1C(C)C. The lowest BCUT2D eigenvalue weighted by molar-refractivity contribution is -0.110. The van der Waals surface area contributed by atoms with Crippen LogP contribution >= 0.6 is 11.6 Å². The summed E-state index contributed by atoms with van der Waals surface area (Å²) in [5.41, 5.74) is 5.47. The molecule has 3 rings (SSSR count). The zero-order chi connectivity index (χ0) is 17.4. The van der Waals surface area contributed by atoms with Crippen LogP contribution < -0.4 is 10.1 Å². The number of ether oxygens (including phenoxy) is 1. The van der Waals surface area contributed by atoms with Gasteiger partial charge in [-0.25, -0.2) is 0 Å². The molecule has 1 aliphatic rings. The fourth-order valence-corrected chi connectivity index (χ4v) is 3.13. The molecule has 0 radical (unpaired) electrons. The maximum absolute atomic E-state index is 12.4. The molecule has 2 aromatic carbocycles. The molecule has 2 aromatic rings. The molecule has 1 amide bonds. The van der Waals surface area contributed by atoms with Gasteiger partial charge >= 0.3 is 0 Å². The number of benzene rings is 2. The van der Waals surface area contributed by atoms with Gasteiger partial charge in [-0.15, -0.1) is 0 Å². The van der Waals surface area contributed by atoms with Crippen molar-refractivity contribution < 1.29 is 9.53 Å². The van der Waals surface area contributed by atoms with Crippen molar-refractivity contribution in [2.24, 2.45) is 0 Å². The van der Waals surface area contributed by atoms with E-state index in [0.717, 1.165) is 33.7 Å². The molecule has 1 aliphatic heterocycles. The second-order valence-electron chi connectivity index (χ2n) is 6.31. The van der Waals surface area contributed by atoms with Crippen LogP contribution in [0.25, 0.3) is 11.6 Å². The second kappa shape index (κ2) is 6.33. The molecular weight excluding hydrogens is 322 g/mol. The molecule has 0 saturated heterocycles. The van der Waals surface area contributed by atoms with E-state index in [4.69, 9.17) is 16.3 Å². The van der Waals surface area contributed by atoms with E-state index in [1.165, 1.54) is 0 Å². The smallest absolute Gasteiger partial charge is 0.256 e. The van der Waals surface area contributed by atoms with Gasteiger partial charge in [-0.05, 0) is 65.9 Å². The first-order valence-electron chi connectivity index (χ1n) is 7.92. The van der Waals surface area contributed by atoms with Crippen LogP contribution in [0.15, 0.2) is 30.3 Å². The normalized spacial score (nSPS) is 14.9. The number of methoxy groups -OCH3 is 1. The van der Waals surface area contributed by atoms with Crippen LogP contribution in [-0.4, -0.2) is 13.0 Å². The van der Waals surface area contributed by atoms with Crippen molar-refractivity contribution in [3.63, 3.8) is 0 Å². The Morgan fingerprint density at radius 2 is 1.96 bits per heavy atom. The first-order valence-corrected chi connectivity index (χ1v) is 8.30. The van der Waals surface area contributed by atoms with Crippen LogP contribution in [0.3, 0.4) is 0 Å². The molecule has 0 aliphatic carbocycles. The summed E-state index contributed by atoms with van der Waals surface area (Å²) in [6.45, 7) is 6.27. The molecule has 3 nitrogen and oxygen atoms in total. The Labute approximate surface area is 147 Å². The van der Waals surface area contributed by atoms with E-state index in [1.807, 2.05) is 31.2 Å². The monoisotopic (exact) mass is 341 g/mol. The van der Waals surface area contributed by atoms with E-state index in [2.05, 4.69) is 25.2 Å². The van der Waals surface area contributed by atoms with Crippen molar-refractivity contribution in [1.29, 1.82) is 0 Å². The predicted octanol–water partition coefficient (Wildman–Crippen LogP) is 5.27. The van der Waals surface area contributed by atoms with Crippen LogP contribution in [0.2, 0.25) is 5.02 Å². The van der Waals surface area contributed by atoms with Crippen molar-refractivity contribution >= 4 is 34.8 Å². The number of carbonyl (C=O) groups is 1. The van der Waals surface area contributed by atoms with E-state index in [1.54, 1.807) is 13.2 Å². The molecule has 0 aromatic heterocycles. The van der Waals surface area contributed by atoms with E-state index in [0.29, 0.717) is 16.5 Å². The van der Waals surface area contributed by atoms with Crippen LogP contribution in [0, 0.1) is 6.92 Å². The third kappa shape index (κ3) is 2.92. The number of aryl methyl sites for hydroxylation is 1. The summed E-state index contributed by atoms with van der Waals surface area (Å²) < 4.78 is 5.49. The van der Waals surface area contributed by atoms with Gasteiger partial charge in [0.2, 0.25) is 0 Å². The van der Waals surface area contributed by atoms with E-state index >= 15 is 0 Å². The standard InChI is InChI=1S/C20H20ClNO2/c1-11(2)15-8-13(12(3)7-19(15)24-4)9-17-16-10-14(21)5-6-18(16)22-20(17)23/h5-11H,1-4H3,(H,22,23). The fourth-order valence-electron chi connectivity index (χ4n) is 2.96. The summed E-state index contributed by atoms with van der Waals surface area (Å²) in [5, 5.41) is 3.50. The summed E-state index contributed by atoms with van der Waals surface area (Å²) in [6, 6.07) is 9.55. The highest BCUT2D eigenvalue weighted by Gasteiger charge is 2.24.